The van der Waals surface area contributed by atoms with Gasteiger partial charge in [0, 0.05) is 17.5 Å². The molecule has 1 heterocycles. The first-order chi connectivity index (χ1) is 6.58. The van der Waals surface area contributed by atoms with Gasteiger partial charge in [-0.3, -0.25) is 4.79 Å². The molecule has 0 saturated carbocycles. The summed E-state index contributed by atoms with van der Waals surface area (Å²) in [6.07, 6.45) is 0.138. The molecule has 0 aromatic carbocycles. The van der Waals surface area contributed by atoms with Crippen molar-refractivity contribution in [3.05, 3.63) is 21.3 Å². The summed E-state index contributed by atoms with van der Waals surface area (Å²) in [4.78, 5) is 11.5. The number of aliphatic carboxylic acids is 1. The minimum absolute atomic E-state index is 0.0200. The van der Waals surface area contributed by atoms with Gasteiger partial charge in [0.15, 0.2) is 0 Å². The van der Waals surface area contributed by atoms with Gasteiger partial charge in [0.05, 0.1) is 10.8 Å². The summed E-state index contributed by atoms with van der Waals surface area (Å²) in [5.41, 5.74) is 0. The van der Waals surface area contributed by atoms with Gasteiger partial charge in [-0.15, -0.1) is 11.3 Å². The third-order valence-electron chi connectivity index (χ3n) is 1.73. The van der Waals surface area contributed by atoms with Crippen molar-refractivity contribution in [2.24, 2.45) is 0 Å². The molecule has 1 aromatic heterocycles. The van der Waals surface area contributed by atoms with Crippen molar-refractivity contribution in [1.29, 1.82) is 0 Å². The summed E-state index contributed by atoms with van der Waals surface area (Å²) in [5.74, 6) is -0.783. The van der Waals surface area contributed by atoms with E-state index in [4.69, 9.17) is 16.7 Å². The number of halogens is 1. The highest BCUT2D eigenvalue weighted by Crippen LogP contribution is 2.21. The molecule has 1 rings (SSSR count). The summed E-state index contributed by atoms with van der Waals surface area (Å²) in [6.45, 7) is 2.52. The van der Waals surface area contributed by atoms with Gasteiger partial charge in [-0.1, -0.05) is 11.6 Å². The Kier molecular flexibility index (Phi) is 4.38. The molecular formula is C9H12ClNO2S. The molecule has 2 N–H and O–H groups in total. The van der Waals surface area contributed by atoms with Gasteiger partial charge in [-0.25, -0.2) is 0 Å². The smallest absolute Gasteiger partial charge is 0.304 e. The van der Waals surface area contributed by atoms with Crippen molar-refractivity contribution in [2.75, 3.05) is 0 Å². The van der Waals surface area contributed by atoms with E-state index in [2.05, 4.69) is 5.32 Å². The van der Waals surface area contributed by atoms with Gasteiger partial charge < -0.3 is 10.4 Å². The van der Waals surface area contributed by atoms with E-state index >= 15 is 0 Å². The van der Waals surface area contributed by atoms with Crippen LogP contribution in [0.5, 0.6) is 0 Å². The van der Waals surface area contributed by atoms with Gasteiger partial charge in [-0.2, -0.15) is 0 Å². The van der Waals surface area contributed by atoms with Crippen molar-refractivity contribution in [1.82, 2.24) is 5.32 Å². The molecule has 0 radical (unpaired) electrons. The highest BCUT2D eigenvalue weighted by atomic mass is 35.5. The molecule has 0 aliphatic carbocycles. The van der Waals surface area contributed by atoms with Crippen LogP contribution in [-0.2, 0) is 11.3 Å². The Morgan fingerprint density at radius 3 is 2.93 bits per heavy atom. The van der Waals surface area contributed by atoms with Gasteiger partial charge >= 0.3 is 5.97 Å². The van der Waals surface area contributed by atoms with E-state index in [1.54, 1.807) is 0 Å². The van der Waals surface area contributed by atoms with Gasteiger partial charge in [-0.05, 0) is 19.1 Å². The normalized spacial score (nSPS) is 12.7. The van der Waals surface area contributed by atoms with Crippen molar-refractivity contribution in [3.63, 3.8) is 0 Å². The maximum atomic E-state index is 10.4. The minimum Gasteiger partial charge on any atom is -0.481 e. The van der Waals surface area contributed by atoms with Crippen molar-refractivity contribution >= 4 is 28.9 Å². The fourth-order valence-electron chi connectivity index (χ4n) is 1.06. The molecule has 14 heavy (non-hydrogen) atoms. The summed E-state index contributed by atoms with van der Waals surface area (Å²) < 4.78 is 0.757. The second kappa shape index (κ2) is 5.34. The second-order valence-electron chi connectivity index (χ2n) is 3.09. The number of carboxylic acids is 1. The monoisotopic (exact) mass is 233 g/mol. The lowest BCUT2D eigenvalue weighted by atomic mass is 10.2. The first-order valence-corrected chi connectivity index (χ1v) is 5.47. The number of nitrogens with one attached hydrogen (secondary N) is 1. The van der Waals surface area contributed by atoms with Crippen LogP contribution in [0.25, 0.3) is 0 Å². The van der Waals surface area contributed by atoms with Crippen molar-refractivity contribution < 1.29 is 9.90 Å². The van der Waals surface area contributed by atoms with Crippen LogP contribution in [0.15, 0.2) is 12.1 Å². The van der Waals surface area contributed by atoms with Crippen LogP contribution in [0, 0.1) is 0 Å². The van der Waals surface area contributed by atoms with E-state index in [-0.39, 0.29) is 12.5 Å². The molecule has 0 amide bonds. The first kappa shape index (κ1) is 11.5. The zero-order valence-electron chi connectivity index (χ0n) is 7.79. The quantitative estimate of drug-likeness (QED) is 0.821. The Morgan fingerprint density at radius 1 is 1.71 bits per heavy atom. The fourth-order valence-corrected chi connectivity index (χ4v) is 2.09. The number of carboxylic acid groups (broad SMARTS) is 1. The molecule has 1 aromatic rings. The van der Waals surface area contributed by atoms with E-state index in [0.29, 0.717) is 6.54 Å². The lowest BCUT2D eigenvalue weighted by molar-refractivity contribution is -0.137. The number of carbonyl (C=O) groups is 1. The number of hydrogen-bond acceptors (Lipinski definition) is 3. The third kappa shape index (κ3) is 4.09. The topological polar surface area (TPSA) is 49.3 Å². The molecule has 0 fully saturated rings. The Balaban J connectivity index is 2.30. The molecule has 0 bridgehead atoms. The largest absolute Gasteiger partial charge is 0.481 e. The van der Waals surface area contributed by atoms with E-state index < -0.39 is 5.97 Å². The maximum Gasteiger partial charge on any atom is 0.304 e. The SMILES string of the molecule is CC(CC(=O)O)NCc1ccc(Cl)s1. The third-order valence-corrected chi connectivity index (χ3v) is 2.97. The lowest BCUT2D eigenvalue weighted by Crippen LogP contribution is -2.27. The first-order valence-electron chi connectivity index (χ1n) is 4.27. The van der Waals surface area contributed by atoms with Crippen LogP contribution in [0.4, 0.5) is 0 Å². The number of rotatable bonds is 5. The van der Waals surface area contributed by atoms with Crippen LogP contribution in [0.1, 0.15) is 18.2 Å². The van der Waals surface area contributed by atoms with Gasteiger partial charge in [0.25, 0.3) is 0 Å². The Hall–Kier alpha value is -0.580. The van der Waals surface area contributed by atoms with E-state index in [1.807, 2.05) is 19.1 Å². The van der Waals surface area contributed by atoms with Crippen molar-refractivity contribution in [2.45, 2.75) is 25.9 Å². The van der Waals surface area contributed by atoms with Crippen LogP contribution in [-0.4, -0.2) is 17.1 Å². The molecule has 0 saturated heterocycles. The maximum absolute atomic E-state index is 10.4. The highest BCUT2D eigenvalue weighted by molar-refractivity contribution is 7.16. The van der Waals surface area contributed by atoms with Crippen LogP contribution in [0.2, 0.25) is 4.34 Å². The standard InChI is InChI=1S/C9H12ClNO2S/c1-6(4-9(12)13)11-5-7-2-3-8(10)14-7/h2-3,6,11H,4-5H2,1H3,(H,12,13). The van der Waals surface area contributed by atoms with Crippen LogP contribution >= 0.6 is 22.9 Å². The van der Waals surface area contributed by atoms with Crippen LogP contribution in [0.3, 0.4) is 0 Å². The molecule has 0 aliphatic heterocycles. The average molecular weight is 234 g/mol. The molecule has 5 heteroatoms. The summed E-state index contributed by atoms with van der Waals surface area (Å²) in [6, 6.07) is 3.76. The molecule has 3 nitrogen and oxygen atoms in total. The van der Waals surface area contributed by atoms with E-state index in [9.17, 15) is 4.79 Å². The Bertz CT molecular complexity index is 314. The van der Waals surface area contributed by atoms with Gasteiger partial charge in [0.2, 0.25) is 0 Å². The van der Waals surface area contributed by atoms with E-state index in [0.717, 1.165) is 9.21 Å². The summed E-state index contributed by atoms with van der Waals surface area (Å²) in [5, 5.41) is 11.6. The zero-order valence-corrected chi connectivity index (χ0v) is 9.36. The molecule has 1 atom stereocenters. The zero-order chi connectivity index (χ0) is 10.6. The number of hydrogen-bond donors (Lipinski definition) is 2. The summed E-state index contributed by atoms with van der Waals surface area (Å²) >= 11 is 7.26. The van der Waals surface area contributed by atoms with Crippen LogP contribution < -0.4 is 5.32 Å². The molecule has 1 unspecified atom stereocenters. The minimum atomic E-state index is -0.783. The number of thiophene rings is 1. The molecular weight excluding hydrogens is 222 g/mol. The van der Waals surface area contributed by atoms with Crippen molar-refractivity contribution in [3.8, 4) is 0 Å². The highest BCUT2D eigenvalue weighted by Gasteiger charge is 2.07. The predicted molar refractivity (Wildman–Crippen MR) is 57.9 cm³/mol. The lowest BCUT2D eigenvalue weighted by Gasteiger charge is -2.09. The summed E-state index contributed by atoms with van der Waals surface area (Å²) in [7, 11) is 0. The Morgan fingerprint density at radius 2 is 2.43 bits per heavy atom. The molecule has 0 spiro atoms. The van der Waals surface area contributed by atoms with Gasteiger partial charge in [0.1, 0.15) is 0 Å². The molecule has 78 valence electrons. The average Bonchev–Trinajstić information content (AvgIpc) is 2.47. The Labute approximate surface area is 91.7 Å². The second-order valence-corrected chi connectivity index (χ2v) is 4.89. The predicted octanol–water partition coefficient (Wildman–Crippen LogP) is 2.35. The molecule has 0 aliphatic rings. The fraction of sp³-hybridized carbons (Fsp3) is 0.444. The van der Waals surface area contributed by atoms with E-state index in [1.165, 1.54) is 11.3 Å².